The summed E-state index contributed by atoms with van der Waals surface area (Å²) in [6, 6.07) is 7.06. The van der Waals surface area contributed by atoms with Gasteiger partial charge >= 0.3 is 17.1 Å². The molecule has 1 aliphatic rings. The second-order valence-electron chi connectivity index (χ2n) is 6.53. The average Bonchev–Trinajstić information content (AvgIpc) is 2.72. The maximum atomic E-state index is 12.6. The maximum Gasteiger partial charge on any atom is 0.337 e. The molecular formula is C20H22N4O5. The molecule has 0 saturated heterocycles. The molecule has 9 nitrogen and oxygen atoms in total. The minimum Gasteiger partial charge on any atom is -0.493 e. The van der Waals surface area contributed by atoms with Crippen LogP contribution in [0.25, 0.3) is 0 Å². The van der Waals surface area contributed by atoms with Gasteiger partial charge in [-0.1, -0.05) is 30.4 Å². The second-order valence-corrected chi connectivity index (χ2v) is 6.53. The van der Waals surface area contributed by atoms with Crippen molar-refractivity contribution >= 4 is 5.91 Å². The molecular weight excluding hydrogens is 376 g/mol. The number of hydrogen-bond acceptors (Lipinski definition) is 5. The Morgan fingerprint density at radius 2 is 1.62 bits per heavy atom. The van der Waals surface area contributed by atoms with Crippen molar-refractivity contribution in [2.24, 2.45) is 0 Å². The van der Waals surface area contributed by atoms with E-state index in [-0.39, 0.29) is 19.1 Å². The van der Waals surface area contributed by atoms with Crippen LogP contribution in [-0.2, 0) is 24.4 Å². The molecule has 1 amide bonds. The van der Waals surface area contributed by atoms with Gasteiger partial charge in [-0.3, -0.25) is 4.79 Å². The number of nitrogens with one attached hydrogen (secondary N) is 1. The van der Waals surface area contributed by atoms with Crippen LogP contribution in [0.4, 0.5) is 0 Å². The summed E-state index contributed by atoms with van der Waals surface area (Å²) in [7, 11) is 0. The molecule has 0 fully saturated rings. The molecule has 9 heteroatoms. The lowest BCUT2D eigenvalue weighted by Gasteiger charge is -2.26. The van der Waals surface area contributed by atoms with Crippen molar-refractivity contribution in [1.82, 2.24) is 19.0 Å². The molecule has 1 atom stereocenters. The van der Waals surface area contributed by atoms with Crippen molar-refractivity contribution in [2.75, 3.05) is 6.61 Å². The first-order valence-electron chi connectivity index (χ1n) is 9.15. The first-order chi connectivity index (χ1) is 14.0. The number of carbonyl (C=O) groups excluding carboxylic acids is 1. The molecule has 0 bridgehead atoms. The van der Waals surface area contributed by atoms with E-state index in [1.807, 2.05) is 24.3 Å². The molecule has 0 saturated carbocycles. The number of ether oxygens (including phenoxy) is 1. The number of benzene rings is 1. The van der Waals surface area contributed by atoms with Crippen LogP contribution in [0, 0.1) is 0 Å². The summed E-state index contributed by atoms with van der Waals surface area (Å²) < 4.78 is 8.03. The molecule has 1 aliphatic heterocycles. The number of amides is 1. The highest BCUT2D eigenvalue weighted by molar-refractivity contribution is 5.76. The molecule has 1 aromatic heterocycles. The zero-order chi connectivity index (χ0) is 21.0. The summed E-state index contributed by atoms with van der Waals surface area (Å²) in [4.78, 5) is 50.3. The van der Waals surface area contributed by atoms with E-state index in [1.54, 1.807) is 0 Å². The third kappa shape index (κ3) is 3.98. The molecule has 1 N–H and O–H groups in total. The lowest BCUT2D eigenvalue weighted by Crippen LogP contribution is -2.55. The van der Waals surface area contributed by atoms with Gasteiger partial charge in [0.25, 0.3) is 0 Å². The normalized spacial score (nSPS) is 15.1. The summed E-state index contributed by atoms with van der Waals surface area (Å²) in [6.07, 6.45) is 3.30. The zero-order valence-corrected chi connectivity index (χ0v) is 15.9. The fourth-order valence-electron chi connectivity index (χ4n) is 3.26. The third-order valence-corrected chi connectivity index (χ3v) is 4.60. The van der Waals surface area contributed by atoms with Gasteiger partial charge in [0, 0.05) is 12.0 Å². The summed E-state index contributed by atoms with van der Waals surface area (Å²) in [5.41, 5.74) is -1.65. The van der Waals surface area contributed by atoms with E-state index < -0.39 is 29.5 Å². The number of hydrogen-bond donors (Lipinski definition) is 1. The molecule has 152 valence electrons. The maximum absolute atomic E-state index is 12.6. The monoisotopic (exact) mass is 398 g/mol. The fraction of sp³-hybridized carbons (Fsp3) is 0.300. The first-order valence-corrected chi connectivity index (χ1v) is 9.15. The van der Waals surface area contributed by atoms with Gasteiger partial charge in [-0.25, -0.2) is 28.1 Å². The highest BCUT2D eigenvalue weighted by Gasteiger charge is 2.24. The van der Waals surface area contributed by atoms with Gasteiger partial charge in [0.2, 0.25) is 5.91 Å². The topological polar surface area (TPSA) is 104 Å². The molecule has 2 heterocycles. The van der Waals surface area contributed by atoms with Crippen molar-refractivity contribution in [2.45, 2.75) is 32.1 Å². The van der Waals surface area contributed by atoms with Crippen LogP contribution < -0.4 is 27.1 Å². The van der Waals surface area contributed by atoms with E-state index in [0.717, 1.165) is 19.3 Å². The number of para-hydroxylation sites is 1. The Bertz CT molecular complexity index is 1080. The smallest absolute Gasteiger partial charge is 0.337 e. The Labute approximate surface area is 166 Å². The quantitative estimate of drug-likeness (QED) is 0.670. The highest BCUT2D eigenvalue weighted by Crippen LogP contribution is 2.31. The van der Waals surface area contributed by atoms with Crippen molar-refractivity contribution in [3.05, 3.63) is 86.6 Å². The zero-order valence-electron chi connectivity index (χ0n) is 15.9. The number of carbonyl (C=O) groups is 1. The van der Waals surface area contributed by atoms with Gasteiger partial charge in [-0.15, -0.1) is 13.2 Å². The molecule has 0 spiro atoms. The Balaban J connectivity index is 1.92. The van der Waals surface area contributed by atoms with Gasteiger partial charge in [0.05, 0.1) is 25.7 Å². The van der Waals surface area contributed by atoms with Gasteiger partial charge in [0.1, 0.15) is 12.3 Å². The van der Waals surface area contributed by atoms with Crippen LogP contribution in [0.5, 0.6) is 5.75 Å². The lowest BCUT2D eigenvalue weighted by atomic mass is 10.0. The SMILES string of the molecule is C=CCn1c(=O)n(CC=C)c(=O)n(CC(=O)N[C@@H]2CCOc3ccccc32)c1=O. The molecule has 3 rings (SSSR count). The van der Waals surface area contributed by atoms with E-state index in [1.165, 1.54) is 12.2 Å². The first kappa shape index (κ1) is 20.1. The minimum absolute atomic E-state index is 0.0793. The van der Waals surface area contributed by atoms with E-state index in [0.29, 0.717) is 18.8 Å². The van der Waals surface area contributed by atoms with Crippen molar-refractivity contribution in [3.63, 3.8) is 0 Å². The van der Waals surface area contributed by atoms with Crippen molar-refractivity contribution < 1.29 is 9.53 Å². The van der Waals surface area contributed by atoms with E-state index in [4.69, 9.17) is 4.74 Å². The second kappa shape index (κ2) is 8.59. The number of aromatic nitrogens is 3. The van der Waals surface area contributed by atoms with Crippen molar-refractivity contribution in [3.8, 4) is 5.75 Å². The lowest BCUT2D eigenvalue weighted by molar-refractivity contribution is -0.122. The number of allylic oxidation sites excluding steroid dienone is 2. The van der Waals surface area contributed by atoms with Gasteiger partial charge in [-0.05, 0) is 6.07 Å². The summed E-state index contributed by atoms with van der Waals surface area (Å²) in [5, 5.41) is 2.84. The number of fused-ring (bicyclic) bond motifs is 1. The number of nitrogens with zero attached hydrogens (tertiary/aromatic N) is 3. The molecule has 0 unspecified atom stereocenters. The van der Waals surface area contributed by atoms with Gasteiger partial charge in [0.15, 0.2) is 0 Å². The van der Waals surface area contributed by atoms with Gasteiger partial charge < -0.3 is 10.1 Å². The van der Waals surface area contributed by atoms with Gasteiger partial charge in [-0.2, -0.15) is 0 Å². The highest BCUT2D eigenvalue weighted by atomic mass is 16.5. The summed E-state index contributed by atoms with van der Waals surface area (Å²) in [5.74, 6) is 0.175. The summed E-state index contributed by atoms with van der Waals surface area (Å²) in [6.45, 7) is 6.81. The third-order valence-electron chi connectivity index (χ3n) is 4.60. The molecule has 0 aliphatic carbocycles. The van der Waals surface area contributed by atoms with E-state index in [2.05, 4.69) is 18.5 Å². The predicted molar refractivity (Wildman–Crippen MR) is 107 cm³/mol. The molecule has 1 aromatic carbocycles. The molecule has 29 heavy (non-hydrogen) atoms. The Hall–Kier alpha value is -3.62. The van der Waals surface area contributed by atoms with Crippen LogP contribution in [0.15, 0.2) is 64.0 Å². The Morgan fingerprint density at radius 3 is 2.24 bits per heavy atom. The van der Waals surface area contributed by atoms with Crippen LogP contribution in [0.2, 0.25) is 0 Å². The number of rotatable bonds is 7. The molecule has 0 radical (unpaired) electrons. The summed E-state index contributed by atoms with van der Waals surface area (Å²) >= 11 is 0. The Morgan fingerprint density at radius 1 is 1.03 bits per heavy atom. The van der Waals surface area contributed by atoms with E-state index >= 15 is 0 Å². The Kier molecular flexibility index (Phi) is 5.96. The van der Waals surface area contributed by atoms with Crippen LogP contribution in [0.1, 0.15) is 18.0 Å². The van der Waals surface area contributed by atoms with Crippen LogP contribution >= 0.6 is 0 Å². The minimum atomic E-state index is -0.859. The van der Waals surface area contributed by atoms with E-state index in [9.17, 15) is 19.2 Å². The molecule has 2 aromatic rings. The standard InChI is InChI=1S/C20H22N4O5/c1-3-10-22-18(26)23(11-4-2)20(28)24(19(22)27)13-17(25)21-15-9-12-29-16-8-6-5-7-14(15)16/h3-8,15H,1-2,9-13H2,(H,21,25)/t15-/m1/s1. The van der Waals surface area contributed by atoms with Crippen molar-refractivity contribution in [1.29, 1.82) is 0 Å². The average molecular weight is 398 g/mol. The fourth-order valence-corrected chi connectivity index (χ4v) is 3.26. The van der Waals surface area contributed by atoms with Crippen LogP contribution in [0.3, 0.4) is 0 Å². The van der Waals surface area contributed by atoms with Crippen LogP contribution in [-0.4, -0.2) is 26.2 Å². The largest absolute Gasteiger partial charge is 0.493 e. The predicted octanol–water partition coefficient (Wildman–Crippen LogP) is 0.184.